The Labute approximate surface area is 67.9 Å². The standard InChI is InChI=1S/C9H15O2/c1-4-5-6-8(10)9(11)7(2)3/h8,10H,1-2,4-6H2,3H3. The van der Waals surface area contributed by atoms with E-state index in [0.29, 0.717) is 12.0 Å². The summed E-state index contributed by atoms with van der Waals surface area (Å²) in [5, 5.41) is 9.18. The Morgan fingerprint density at radius 2 is 2.18 bits per heavy atom. The molecule has 0 saturated heterocycles. The molecule has 0 heterocycles. The van der Waals surface area contributed by atoms with Crippen molar-refractivity contribution in [3.8, 4) is 0 Å². The summed E-state index contributed by atoms with van der Waals surface area (Å²) >= 11 is 0. The summed E-state index contributed by atoms with van der Waals surface area (Å²) in [4.78, 5) is 11.0. The lowest BCUT2D eigenvalue weighted by molar-refractivity contribution is -0.123. The summed E-state index contributed by atoms with van der Waals surface area (Å²) in [5.74, 6) is -0.251. The van der Waals surface area contributed by atoms with E-state index >= 15 is 0 Å². The second-order valence-electron chi connectivity index (χ2n) is 2.66. The van der Waals surface area contributed by atoms with Crippen LogP contribution in [0.5, 0.6) is 0 Å². The number of hydrogen-bond acceptors (Lipinski definition) is 2. The summed E-state index contributed by atoms with van der Waals surface area (Å²) in [6.07, 6.45) is 1.16. The van der Waals surface area contributed by atoms with Gasteiger partial charge >= 0.3 is 0 Å². The molecule has 1 N–H and O–H groups in total. The van der Waals surface area contributed by atoms with E-state index in [9.17, 15) is 9.90 Å². The van der Waals surface area contributed by atoms with Crippen LogP contribution in [0, 0.1) is 6.92 Å². The van der Waals surface area contributed by atoms with Gasteiger partial charge in [-0.1, -0.05) is 26.3 Å². The second-order valence-corrected chi connectivity index (χ2v) is 2.66. The Balaban J connectivity index is 3.73. The van der Waals surface area contributed by atoms with Gasteiger partial charge in [0.25, 0.3) is 0 Å². The zero-order valence-electron chi connectivity index (χ0n) is 6.97. The normalized spacial score (nSPS) is 12.6. The molecule has 0 aromatic rings. The van der Waals surface area contributed by atoms with E-state index < -0.39 is 6.10 Å². The van der Waals surface area contributed by atoms with Gasteiger partial charge in [0.15, 0.2) is 5.78 Å². The Kier molecular flexibility index (Phi) is 4.79. The van der Waals surface area contributed by atoms with Gasteiger partial charge in [-0.3, -0.25) is 4.79 Å². The van der Waals surface area contributed by atoms with Crippen molar-refractivity contribution in [1.82, 2.24) is 0 Å². The molecule has 0 amide bonds. The van der Waals surface area contributed by atoms with Gasteiger partial charge in [-0.2, -0.15) is 0 Å². The van der Waals surface area contributed by atoms with E-state index in [2.05, 4.69) is 13.5 Å². The summed E-state index contributed by atoms with van der Waals surface area (Å²) in [5.41, 5.74) is 0.418. The summed E-state index contributed by atoms with van der Waals surface area (Å²) in [6.45, 7) is 8.68. The molecular formula is C9H15O2. The molecule has 0 aromatic carbocycles. The minimum absolute atomic E-state index is 0.251. The van der Waals surface area contributed by atoms with E-state index in [0.717, 1.165) is 12.8 Å². The molecule has 11 heavy (non-hydrogen) atoms. The van der Waals surface area contributed by atoms with Crippen LogP contribution in [0.2, 0.25) is 0 Å². The van der Waals surface area contributed by atoms with Gasteiger partial charge in [0.05, 0.1) is 0 Å². The molecule has 0 aliphatic rings. The van der Waals surface area contributed by atoms with Crippen molar-refractivity contribution in [3.05, 3.63) is 19.1 Å². The summed E-state index contributed by atoms with van der Waals surface area (Å²) < 4.78 is 0. The molecule has 1 radical (unpaired) electrons. The van der Waals surface area contributed by atoms with Crippen molar-refractivity contribution in [3.63, 3.8) is 0 Å². The third-order valence-electron chi connectivity index (χ3n) is 1.45. The van der Waals surface area contributed by atoms with Gasteiger partial charge in [-0.25, -0.2) is 0 Å². The Morgan fingerprint density at radius 3 is 2.55 bits per heavy atom. The Bertz CT molecular complexity index is 150. The highest BCUT2D eigenvalue weighted by molar-refractivity contribution is 5.97. The summed E-state index contributed by atoms with van der Waals surface area (Å²) in [7, 11) is 0. The Morgan fingerprint density at radius 1 is 1.64 bits per heavy atom. The molecule has 63 valence electrons. The topological polar surface area (TPSA) is 37.3 Å². The van der Waals surface area contributed by atoms with Crippen LogP contribution in [-0.2, 0) is 4.79 Å². The van der Waals surface area contributed by atoms with Crippen LogP contribution in [0.3, 0.4) is 0 Å². The number of carbonyl (C=O) groups is 1. The van der Waals surface area contributed by atoms with E-state index in [1.807, 2.05) is 0 Å². The zero-order chi connectivity index (χ0) is 8.85. The SMILES string of the molecule is [CH2]CCCC(O)C(=O)C(=C)C. The van der Waals surface area contributed by atoms with Crippen molar-refractivity contribution in [2.24, 2.45) is 0 Å². The average Bonchev–Trinajstić information content (AvgIpc) is 1.98. The van der Waals surface area contributed by atoms with Crippen LogP contribution in [0.15, 0.2) is 12.2 Å². The second kappa shape index (κ2) is 5.08. The van der Waals surface area contributed by atoms with Gasteiger partial charge < -0.3 is 5.11 Å². The fourth-order valence-electron chi connectivity index (χ4n) is 0.753. The van der Waals surface area contributed by atoms with Gasteiger partial charge in [-0.05, 0) is 18.9 Å². The molecule has 2 heteroatoms. The molecule has 0 saturated carbocycles. The first-order chi connectivity index (χ1) is 5.09. The van der Waals surface area contributed by atoms with E-state index in [4.69, 9.17) is 0 Å². The third-order valence-corrected chi connectivity index (χ3v) is 1.45. The number of ketones is 1. The van der Waals surface area contributed by atoms with Crippen molar-refractivity contribution in [1.29, 1.82) is 0 Å². The van der Waals surface area contributed by atoms with Crippen molar-refractivity contribution >= 4 is 5.78 Å². The van der Waals surface area contributed by atoms with E-state index in [-0.39, 0.29) is 5.78 Å². The number of hydrogen-bond donors (Lipinski definition) is 1. The van der Waals surface area contributed by atoms with Crippen LogP contribution >= 0.6 is 0 Å². The first-order valence-corrected chi connectivity index (χ1v) is 3.76. The van der Waals surface area contributed by atoms with Crippen LogP contribution < -0.4 is 0 Å². The molecular weight excluding hydrogens is 140 g/mol. The molecule has 0 bridgehead atoms. The first kappa shape index (κ1) is 10.4. The largest absolute Gasteiger partial charge is 0.385 e. The van der Waals surface area contributed by atoms with Crippen molar-refractivity contribution in [2.45, 2.75) is 32.3 Å². The maximum absolute atomic E-state index is 11.0. The number of rotatable bonds is 5. The molecule has 0 rings (SSSR count). The lowest BCUT2D eigenvalue weighted by Crippen LogP contribution is -2.20. The average molecular weight is 155 g/mol. The smallest absolute Gasteiger partial charge is 0.186 e. The molecule has 0 fully saturated rings. The zero-order valence-corrected chi connectivity index (χ0v) is 6.97. The van der Waals surface area contributed by atoms with E-state index in [1.165, 1.54) is 0 Å². The number of unbranched alkanes of at least 4 members (excludes halogenated alkanes) is 1. The van der Waals surface area contributed by atoms with Crippen LogP contribution in [0.1, 0.15) is 26.2 Å². The van der Waals surface area contributed by atoms with Crippen molar-refractivity contribution < 1.29 is 9.90 Å². The lowest BCUT2D eigenvalue weighted by Gasteiger charge is -2.07. The monoisotopic (exact) mass is 155 g/mol. The molecule has 1 unspecified atom stereocenters. The highest BCUT2D eigenvalue weighted by Gasteiger charge is 2.13. The first-order valence-electron chi connectivity index (χ1n) is 3.76. The number of Topliss-reactive ketones (excluding diaryl/α,β-unsaturated/α-hetero) is 1. The Hall–Kier alpha value is -0.630. The third kappa shape index (κ3) is 3.94. The van der Waals surface area contributed by atoms with E-state index in [1.54, 1.807) is 6.92 Å². The number of aliphatic hydroxyl groups is 1. The predicted octanol–water partition coefficient (Wildman–Crippen LogP) is 1.50. The fraction of sp³-hybridized carbons (Fsp3) is 0.556. The van der Waals surface area contributed by atoms with Gasteiger partial charge in [0, 0.05) is 0 Å². The minimum Gasteiger partial charge on any atom is -0.385 e. The summed E-state index contributed by atoms with van der Waals surface area (Å²) in [6, 6.07) is 0. The molecule has 1 atom stereocenters. The maximum atomic E-state index is 11.0. The quantitative estimate of drug-likeness (QED) is 0.611. The lowest BCUT2D eigenvalue weighted by atomic mass is 10.0. The van der Waals surface area contributed by atoms with Crippen LogP contribution in [-0.4, -0.2) is 17.0 Å². The van der Waals surface area contributed by atoms with Gasteiger partial charge in [0.2, 0.25) is 0 Å². The molecule has 0 aliphatic carbocycles. The highest BCUT2D eigenvalue weighted by atomic mass is 16.3. The molecule has 0 spiro atoms. The minimum atomic E-state index is -0.866. The fourth-order valence-corrected chi connectivity index (χ4v) is 0.753. The molecule has 0 aromatic heterocycles. The maximum Gasteiger partial charge on any atom is 0.186 e. The predicted molar refractivity (Wildman–Crippen MR) is 45.0 cm³/mol. The van der Waals surface area contributed by atoms with Gasteiger partial charge in [-0.15, -0.1) is 0 Å². The van der Waals surface area contributed by atoms with Gasteiger partial charge in [0.1, 0.15) is 6.10 Å². The highest BCUT2D eigenvalue weighted by Crippen LogP contribution is 2.04. The van der Waals surface area contributed by atoms with Crippen LogP contribution in [0.25, 0.3) is 0 Å². The van der Waals surface area contributed by atoms with Crippen LogP contribution in [0.4, 0.5) is 0 Å². The molecule has 0 aliphatic heterocycles. The number of aliphatic hydroxyl groups excluding tert-OH is 1. The number of carbonyl (C=O) groups excluding carboxylic acids is 1. The molecule has 2 nitrogen and oxygen atoms in total. The van der Waals surface area contributed by atoms with Crippen molar-refractivity contribution in [2.75, 3.05) is 0 Å².